The Balaban J connectivity index is 2.22. The van der Waals surface area contributed by atoms with E-state index in [2.05, 4.69) is 5.32 Å². The Morgan fingerprint density at radius 1 is 1.50 bits per heavy atom. The maximum Gasteiger partial charge on any atom is 0.323 e. The lowest BCUT2D eigenvalue weighted by Crippen LogP contribution is -2.51. The van der Waals surface area contributed by atoms with Crippen molar-refractivity contribution in [2.75, 3.05) is 24.5 Å². The Morgan fingerprint density at radius 3 is 2.70 bits per heavy atom. The van der Waals surface area contributed by atoms with Gasteiger partial charge < -0.3 is 15.3 Å². The van der Waals surface area contributed by atoms with Crippen LogP contribution in [0.2, 0.25) is 5.02 Å². The molecule has 0 saturated carbocycles. The van der Waals surface area contributed by atoms with Crippen molar-refractivity contribution in [3.63, 3.8) is 0 Å². The van der Waals surface area contributed by atoms with Crippen LogP contribution in [0.1, 0.15) is 6.92 Å². The molecule has 1 atom stereocenters. The van der Waals surface area contributed by atoms with Crippen molar-refractivity contribution < 1.29 is 14.7 Å². The molecular weight excluding hydrogens is 280 g/mol. The average molecular weight is 297 g/mol. The van der Waals surface area contributed by atoms with E-state index >= 15 is 0 Å². The van der Waals surface area contributed by atoms with Gasteiger partial charge in [-0.25, -0.2) is 0 Å². The summed E-state index contributed by atoms with van der Waals surface area (Å²) >= 11 is 5.92. The molecule has 108 valence electrons. The van der Waals surface area contributed by atoms with Crippen LogP contribution in [0.25, 0.3) is 0 Å². The predicted molar refractivity (Wildman–Crippen MR) is 77.0 cm³/mol. The SMILES string of the molecule is CC(C(=O)N(CC(=O)O)c1cccc(Cl)c1)C1CNC1. The van der Waals surface area contributed by atoms with Crippen LogP contribution in [-0.2, 0) is 9.59 Å². The Labute approximate surface area is 122 Å². The highest BCUT2D eigenvalue weighted by Gasteiger charge is 2.32. The van der Waals surface area contributed by atoms with Crippen LogP contribution in [-0.4, -0.2) is 36.6 Å². The van der Waals surface area contributed by atoms with Gasteiger partial charge in [0.25, 0.3) is 0 Å². The third kappa shape index (κ3) is 3.29. The summed E-state index contributed by atoms with van der Waals surface area (Å²) in [6.45, 7) is 3.07. The molecule has 1 fully saturated rings. The quantitative estimate of drug-likeness (QED) is 0.866. The van der Waals surface area contributed by atoms with Crippen LogP contribution in [0.4, 0.5) is 5.69 Å². The van der Waals surface area contributed by atoms with Gasteiger partial charge in [0, 0.05) is 16.6 Å². The molecule has 2 N–H and O–H groups in total. The van der Waals surface area contributed by atoms with Gasteiger partial charge in [-0.3, -0.25) is 9.59 Å². The smallest absolute Gasteiger partial charge is 0.323 e. The summed E-state index contributed by atoms with van der Waals surface area (Å²) in [5.74, 6) is -1.18. The van der Waals surface area contributed by atoms with Crippen LogP contribution < -0.4 is 10.2 Å². The highest BCUT2D eigenvalue weighted by Crippen LogP contribution is 2.24. The first-order valence-electron chi connectivity index (χ1n) is 6.48. The number of amides is 1. The number of hydrogen-bond acceptors (Lipinski definition) is 3. The third-order valence-corrected chi connectivity index (χ3v) is 3.82. The molecule has 1 aromatic carbocycles. The van der Waals surface area contributed by atoms with E-state index in [0.717, 1.165) is 13.1 Å². The first kappa shape index (κ1) is 14.8. The van der Waals surface area contributed by atoms with Gasteiger partial charge >= 0.3 is 5.97 Å². The molecule has 20 heavy (non-hydrogen) atoms. The number of nitrogens with zero attached hydrogens (tertiary/aromatic N) is 1. The van der Waals surface area contributed by atoms with Gasteiger partial charge in [0.1, 0.15) is 6.54 Å². The van der Waals surface area contributed by atoms with E-state index in [4.69, 9.17) is 16.7 Å². The maximum atomic E-state index is 12.5. The zero-order valence-electron chi connectivity index (χ0n) is 11.2. The van der Waals surface area contributed by atoms with E-state index in [1.54, 1.807) is 24.3 Å². The molecule has 1 amide bonds. The topological polar surface area (TPSA) is 69.6 Å². The number of halogens is 1. The van der Waals surface area contributed by atoms with Gasteiger partial charge in [0.05, 0.1) is 0 Å². The molecule has 1 aliphatic heterocycles. The van der Waals surface area contributed by atoms with E-state index in [1.807, 2.05) is 6.92 Å². The van der Waals surface area contributed by atoms with Gasteiger partial charge in [-0.15, -0.1) is 0 Å². The molecule has 5 nitrogen and oxygen atoms in total. The highest BCUT2D eigenvalue weighted by atomic mass is 35.5. The lowest BCUT2D eigenvalue weighted by atomic mass is 9.88. The van der Waals surface area contributed by atoms with Crippen LogP contribution in [0.5, 0.6) is 0 Å². The second kappa shape index (κ2) is 6.24. The van der Waals surface area contributed by atoms with Crippen LogP contribution in [0.3, 0.4) is 0 Å². The monoisotopic (exact) mass is 296 g/mol. The van der Waals surface area contributed by atoms with E-state index in [9.17, 15) is 9.59 Å². The number of carbonyl (C=O) groups excluding carboxylic acids is 1. The lowest BCUT2D eigenvalue weighted by Gasteiger charge is -2.34. The predicted octanol–water partition coefficient (Wildman–Crippen LogP) is 1.61. The molecule has 0 bridgehead atoms. The van der Waals surface area contributed by atoms with Crippen LogP contribution in [0.15, 0.2) is 24.3 Å². The normalized spacial score (nSPS) is 16.3. The summed E-state index contributed by atoms with van der Waals surface area (Å²) in [6.07, 6.45) is 0. The molecule has 0 aliphatic carbocycles. The summed E-state index contributed by atoms with van der Waals surface area (Å²) in [4.78, 5) is 24.8. The van der Waals surface area contributed by atoms with Crippen molar-refractivity contribution in [1.82, 2.24) is 5.32 Å². The number of hydrogen-bond donors (Lipinski definition) is 2. The Bertz CT molecular complexity index is 517. The first-order valence-corrected chi connectivity index (χ1v) is 6.86. The Hall–Kier alpha value is -1.59. The van der Waals surface area contributed by atoms with Crippen molar-refractivity contribution in [3.8, 4) is 0 Å². The number of rotatable bonds is 5. The summed E-state index contributed by atoms with van der Waals surface area (Å²) in [7, 11) is 0. The second-order valence-corrected chi connectivity index (χ2v) is 5.44. The molecule has 2 rings (SSSR count). The molecular formula is C14H17ClN2O3. The minimum atomic E-state index is -1.04. The van der Waals surface area contributed by atoms with Crippen molar-refractivity contribution in [2.24, 2.45) is 11.8 Å². The van der Waals surface area contributed by atoms with Gasteiger partial charge in [-0.2, -0.15) is 0 Å². The number of carbonyl (C=O) groups is 2. The van der Waals surface area contributed by atoms with E-state index < -0.39 is 5.97 Å². The number of benzene rings is 1. The van der Waals surface area contributed by atoms with E-state index in [-0.39, 0.29) is 24.3 Å². The Kier molecular flexibility index (Phi) is 4.62. The zero-order valence-corrected chi connectivity index (χ0v) is 11.9. The fourth-order valence-corrected chi connectivity index (χ4v) is 2.37. The molecule has 0 radical (unpaired) electrons. The molecule has 1 saturated heterocycles. The number of carboxylic acids is 1. The molecule has 1 heterocycles. The number of aliphatic carboxylic acids is 1. The van der Waals surface area contributed by atoms with Gasteiger partial charge in [0.15, 0.2) is 0 Å². The summed E-state index contributed by atoms with van der Waals surface area (Å²) < 4.78 is 0. The average Bonchev–Trinajstić information content (AvgIpc) is 2.32. The minimum absolute atomic E-state index is 0.179. The number of anilines is 1. The number of carboxylic acid groups (broad SMARTS) is 1. The van der Waals surface area contributed by atoms with Gasteiger partial charge in [0.2, 0.25) is 5.91 Å². The zero-order chi connectivity index (χ0) is 14.7. The fraction of sp³-hybridized carbons (Fsp3) is 0.429. The van der Waals surface area contributed by atoms with Crippen LogP contribution in [0, 0.1) is 11.8 Å². The number of nitrogens with one attached hydrogen (secondary N) is 1. The maximum absolute atomic E-state index is 12.5. The molecule has 6 heteroatoms. The molecule has 0 spiro atoms. The van der Waals surface area contributed by atoms with Gasteiger partial charge in [-0.05, 0) is 37.2 Å². The largest absolute Gasteiger partial charge is 0.480 e. The van der Waals surface area contributed by atoms with Crippen molar-refractivity contribution >= 4 is 29.2 Å². The van der Waals surface area contributed by atoms with Crippen molar-refractivity contribution in [1.29, 1.82) is 0 Å². The molecule has 1 aromatic rings. The molecule has 1 unspecified atom stereocenters. The standard InChI is InChI=1S/C14H17ClN2O3/c1-9(10-6-16-7-10)14(20)17(8-13(18)19)12-4-2-3-11(15)5-12/h2-5,9-10,16H,6-8H2,1H3,(H,18,19). The second-order valence-electron chi connectivity index (χ2n) is 5.00. The van der Waals surface area contributed by atoms with E-state index in [1.165, 1.54) is 4.90 Å². The summed E-state index contributed by atoms with van der Waals surface area (Å²) in [5, 5.41) is 12.6. The van der Waals surface area contributed by atoms with Crippen molar-refractivity contribution in [2.45, 2.75) is 6.92 Å². The minimum Gasteiger partial charge on any atom is -0.480 e. The fourth-order valence-electron chi connectivity index (χ4n) is 2.19. The molecule has 1 aliphatic rings. The summed E-state index contributed by atoms with van der Waals surface area (Å²) in [5.41, 5.74) is 0.518. The lowest BCUT2D eigenvalue weighted by molar-refractivity contribution is -0.137. The first-order chi connectivity index (χ1) is 9.49. The van der Waals surface area contributed by atoms with Gasteiger partial charge in [-0.1, -0.05) is 24.6 Å². The highest BCUT2D eigenvalue weighted by molar-refractivity contribution is 6.31. The Morgan fingerprint density at radius 2 is 2.20 bits per heavy atom. The van der Waals surface area contributed by atoms with E-state index in [0.29, 0.717) is 10.7 Å². The third-order valence-electron chi connectivity index (χ3n) is 3.59. The summed E-state index contributed by atoms with van der Waals surface area (Å²) in [6, 6.07) is 6.69. The van der Waals surface area contributed by atoms with Crippen molar-refractivity contribution in [3.05, 3.63) is 29.3 Å². The molecule has 0 aromatic heterocycles. The van der Waals surface area contributed by atoms with Crippen LogP contribution >= 0.6 is 11.6 Å².